The van der Waals surface area contributed by atoms with E-state index in [1.807, 2.05) is 30.3 Å². The molecule has 1 fully saturated rings. The summed E-state index contributed by atoms with van der Waals surface area (Å²) in [6, 6.07) is 16.1. The molecule has 1 aliphatic heterocycles. The van der Waals surface area contributed by atoms with Crippen LogP contribution in [0.25, 0.3) is 0 Å². The molecule has 2 aromatic rings. The summed E-state index contributed by atoms with van der Waals surface area (Å²) in [5.74, 6) is -0.0340. The highest BCUT2D eigenvalue weighted by atomic mass is 16.3. The first kappa shape index (κ1) is 17.5. The van der Waals surface area contributed by atoms with Crippen LogP contribution < -0.4 is 10.2 Å². The number of aliphatic hydroxyl groups excluding tert-OH is 1. The van der Waals surface area contributed by atoms with E-state index >= 15 is 0 Å². The minimum Gasteiger partial charge on any atom is -0.393 e. The number of anilines is 1. The summed E-state index contributed by atoms with van der Waals surface area (Å²) in [6.07, 6.45) is 2.28. The molecule has 0 aromatic heterocycles. The lowest BCUT2D eigenvalue weighted by atomic mass is 10.1. The zero-order valence-corrected chi connectivity index (χ0v) is 14.7. The van der Waals surface area contributed by atoms with Crippen LogP contribution in [0.5, 0.6) is 0 Å². The SMILES string of the molecule is Cc1cccc(CCNC(=O)c2ccc(N3CCC(O)CC3)cc2)c1. The normalized spacial score (nSPS) is 15.2. The van der Waals surface area contributed by atoms with Crippen molar-refractivity contribution in [3.63, 3.8) is 0 Å². The first-order chi connectivity index (χ1) is 12.1. The number of hydrogen-bond acceptors (Lipinski definition) is 3. The summed E-state index contributed by atoms with van der Waals surface area (Å²) < 4.78 is 0. The summed E-state index contributed by atoms with van der Waals surface area (Å²) >= 11 is 0. The molecule has 0 atom stereocenters. The number of carbonyl (C=O) groups is 1. The van der Waals surface area contributed by atoms with Gasteiger partial charge in [-0.25, -0.2) is 0 Å². The van der Waals surface area contributed by atoms with Gasteiger partial charge < -0.3 is 15.3 Å². The number of hydrogen-bond donors (Lipinski definition) is 2. The number of nitrogens with zero attached hydrogens (tertiary/aromatic N) is 1. The minimum absolute atomic E-state index is 0.0340. The fourth-order valence-corrected chi connectivity index (χ4v) is 3.24. The van der Waals surface area contributed by atoms with Crippen LogP contribution in [-0.4, -0.2) is 36.8 Å². The van der Waals surface area contributed by atoms with Crippen molar-refractivity contribution >= 4 is 11.6 Å². The van der Waals surface area contributed by atoms with Crippen LogP contribution >= 0.6 is 0 Å². The molecule has 0 unspecified atom stereocenters. The van der Waals surface area contributed by atoms with E-state index < -0.39 is 0 Å². The van der Waals surface area contributed by atoms with Crippen molar-refractivity contribution < 1.29 is 9.90 Å². The lowest BCUT2D eigenvalue weighted by Gasteiger charge is -2.31. The van der Waals surface area contributed by atoms with E-state index in [1.54, 1.807) is 0 Å². The number of amides is 1. The fraction of sp³-hybridized carbons (Fsp3) is 0.381. The molecule has 1 aliphatic rings. The Balaban J connectivity index is 1.50. The molecular formula is C21H26N2O2. The van der Waals surface area contributed by atoms with Crippen molar-refractivity contribution in [2.45, 2.75) is 32.3 Å². The number of aliphatic hydroxyl groups is 1. The first-order valence-corrected chi connectivity index (χ1v) is 8.98. The molecule has 25 heavy (non-hydrogen) atoms. The minimum atomic E-state index is -0.172. The number of nitrogens with one attached hydrogen (secondary N) is 1. The number of carbonyl (C=O) groups excluding carboxylic acids is 1. The Morgan fingerprint density at radius 1 is 1.16 bits per heavy atom. The lowest BCUT2D eigenvalue weighted by molar-refractivity contribution is 0.0954. The molecule has 0 bridgehead atoms. The lowest BCUT2D eigenvalue weighted by Crippen LogP contribution is -2.35. The third-order valence-corrected chi connectivity index (χ3v) is 4.74. The highest BCUT2D eigenvalue weighted by Gasteiger charge is 2.17. The summed E-state index contributed by atoms with van der Waals surface area (Å²) in [5, 5.41) is 12.6. The van der Waals surface area contributed by atoms with Crippen LogP contribution in [0.4, 0.5) is 5.69 Å². The Hall–Kier alpha value is -2.33. The van der Waals surface area contributed by atoms with Crippen LogP contribution in [0.15, 0.2) is 48.5 Å². The molecule has 0 spiro atoms. The zero-order chi connectivity index (χ0) is 17.6. The second-order valence-corrected chi connectivity index (χ2v) is 6.76. The van der Waals surface area contributed by atoms with Crippen LogP contribution in [0, 0.1) is 6.92 Å². The molecule has 4 nitrogen and oxygen atoms in total. The van der Waals surface area contributed by atoms with Gasteiger partial charge >= 0.3 is 0 Å². The average molecular weight is 338 g/mol. The van der Waals surface area contributed by atoms with E-state index in [9.17, 15) is 9.90 Å². The predicted octanol–water partition coefficient (Wildman–Crippen LogP) is 2.93. The molecule has 132 valence electrons. The van der Waals surface area contributed by atoms with Crippen molar-refractivity contribution in [1.29, 1.82) is 0 Å². The van der Waals surface area contributed by atoms with Crippen molar-refractivity contribution in [2.24, 2.45) is 0 Å². The van der Waals surface area contributed by atoms with Gasteiger partial charge in [-0.05, 0) is 56.0 Å². The highest BCUT2D eigenvalue weighted by molar-refractivity contribution is 5.94. The topological polar surface area (TPSA) is 52.6 Å². The average Bonchev–Trinajstić information content (AvgIpc) is 2.62. The number of rotatable bonds is 5. The first-order valence-electron chi connectivity index (χ1n) is 8.98. The Kier molecular flexibility index (Phi) is 5.71. The Morgan fingerprint density at radius 3 is 2.56 bits per heavy atom. The fourth-order valence-electron chi connectivity index (χ4n) is 3.24. The standard InChI is InChI=1S/C21H26N2O2/c1-16-3-2-4-17(15-16)9-12-22-21(25)18-5-7-19(8-6-18)23-13-10-20(24)11-14-23/h2-8,15,20,24H,9-14H2,1H3,(H,22,25). The third kappa shape index (κ3) is 4.83. The largest absolute Gasteiger partial charge is 0.393 e. The molecular weight excluding hydrogens is 312 g/mol. The van der Waals surface area contributed by atoms with Crippen LogP contribution in [0.1, 0.15) is 34.3 Å². The number of piperidine rings is 1. The van der Waals surface area contributed by atoms with Crippen molar-refractivity contribution in [3.8, 4) is 0 Å². The molecule has 2 N–H and O–H groups in total. The van der Waals surface area contributed by atoms with Gasteiger partial charge in [0, 0.05) is 30.9 Å². The second kappa shape index (κ2) is 8.17. The summed E-state index contributed by atoms with van der Waals surface area (Å²) in [5.41, 5.74) is 4.28. The van der Waals surface area contributed by atoms with Gasteiger partial charge in [0.2, 0.25) is 0 Å². The maximum absolute atomic E-state index is 12.3. The Labute approximate surface area is 149 Å². The van der Waals surface area contributed by atoms with Crippen LogP contribution in [-0.2, 0) is 6.42 Å². The van der Waals surface area contributed by atoms with Gasteiger partial charge in [0.1, 0.15) is 0 Å². The Bertz CT molecular complexity index is 704. The number of benzene rings is 2. The molecule has 1 amide bonds. The van der Waals surface area contributed by atoms with Crippen molar-refractivity contribution in [1.82, 2.24) is 5.32 Å². The van der Waals surface area contributed by atoms with Crippen LogP contribution in [0.3, 0.4) is 0 Å². The highest BCUT2D eigenvalue weighted by Crippen LogP contribution is 2.20. The van der Waals surface area contributed by atoms with Gasteiger partial charge in [0.05, 0.1) is 6.10 Å². The quantitative estimate of drug-likeness (QED) is 0.881. The molecule has 3 rings (SSSR count). The van der Waals surface area contributed by atoms with Gasteiger partial charge in [0.25, 0.3) is 5.91 Å². The number of aryl methyl sites for hydroxylation is 1. The summed E-state index contributed by atoms with van der Waals surface area (Å²) in [6.45, 7) is 4.44. The molecule has 1 saturated heterocycles. The maximum Gasteiger partial charge on any atom is 0.251 e. The van der Waals surface area contributed by atoms with E-state index in [-0.39, 0.29) is 12.0 Å². The zero-order valence-electron chi connectivity index (χ0n) is 14.7. The second-order valence-electron chi connectivity index (χ2n) is 6.76. The van der Waals surface area contributed by atoms with E-state index in [2.05, 4.69) is 35.3 Å². The molecule has 1 heterocycles. The van der Waals surface area contributed by atoms with Crippen molar-refractivity contribution in [3.05, 3.63) is 65.2 Å². The molecule has 2 aromatic carbocycles. The van der Waals surface area contributed by atoms with E-state index in [0.717, 1.165) is 38.0 Å². The molecule has 0 radical (unpaired) electrons. The van der Waals surface area contributed by atoms with E-state index in [4.69, 9.17) is 0 Å². The monoisotopic (exact) mass is 338 g/mol. The third-order valence-electron chi connectivity index (χ3n) is 4.74. The summed E-state index contributed by atoms with van der Waals surface area (Å²) in [4.78, 5) is 14.5. The van der Waals surface area contributed by atoms with E-state index in [0.29, 0.717) is 12.1 Å². The summed E-state index contributed by atoms with van der Waals surface area (Å²) in [7, 11) is 0. The molecule has 4 heteroatoms. The van der Waals surface area contributed by atoms with Gasteiger partial charge in [-0.2, -0.15) is 0 Å². The van der Waals surface area contributed by atoms with Crippen LogP contribution in [0.2, 0.25) is 0 Å². The van der Waals surface area contributed by atoms with Gasteiger partial charge in [0.15, 0.2) is 0 Å². The Morgan fingerprint density at radius 2 is 1.88 bits per heavy atom. The van der Waals surface area contributed by atoms with Gasteiger partial charge in [-0.15, -0.1) is 0 Å². The van der Waals surface area contributed by atoms with Gasteiger partial charge in [-0.1, -0.05) is 29.8 Å². The van der Waals surface area contributed by atoms with Gasteiger partial charge in [-0.3, -0.25) is 4.79 Å². The maximum atomic E-state index is 12.3. The van der Waals surface area contributed by atoms with E-state index in [1.165, 1.54) is 11.1 Å². The molecule has 0 aliphatic carbocycles. The predicted molar refractivity (Wildman–Crippen MR) is 101 cm³/mol. The van der Waals surface area contributed by atoms with Crippen molar-refractivity contribution in [2.75, 3.05) is 24.5 Å². The smallest absolute Gasteiger partial charge is 0.251 e. The molecule has 0 saturated carbocycles.